The maximum absolute atomic E-state index is 13.5. The highest BCUT2D eigenvalue weighted by molar-refractivity contribution is 6.20. The summed E-state index contributed by atoms with van der Waals surface area (Å²) in [5, 5.41) is 0.153. The second kappa shape index (κ2) is 4.70. The maximum Gasteiger partial charge on any atom is 0.129 e. The molecule has 0 spiro atoms. The number of hydrogen-bond acceptors (Lipinski definition) is 0. The SMILES string of the molecule is CC1C(Cl)CCC1Cc1c(F)cccc1F. The Morgan fingerprint density at radius 1 is 1.25 bits per heavy atom. The van der Waals surface area contributed by atoms with E-state index in [2.05, 4.69) is 6.92 Å². The molecule has 1 aromatic rings. The summed E-state index contributed by atoms with van der Waals surface area (Å²) in [6, 6.07) is 4.03. The van der Waals surface area contributed by atoms with Crippen LogP contribution < -0.4 is 0 Å². The van der Waals surface area contributed by atoms with Crippen molar-refractivity contribution in [2.75, 3.05) is 0 Å². The highest BCUT2D eigenvalue weighted by Gasteiger charge is 2.32. The van der Waals surface area contributed by atoms with Gasteiger partial charge in [-0.3, -0.25) is 0 Å². The lowest BCUT2D eigenvalue weighted by Gasteiger charge is -2.17. The molecule has 3 unspecified atom stereocenters. The topological polar surface area (TPSA) is 0 Å². The molecule has 0 amide bonds. The second-order valence-corrected chi connectivity index (χ2v) is 5.18. The molecule has 3 atom stereocenters. The zero-order chi connectivity index (χ0) is 11.7. The van der Waals surface area contributed by atoms with Crippen molar-refractivity contribution < 1.29 is 8.78 Å². The van der Waals surface area contributed by atoms with Crippen molar-refractivity contribution >= 4 is 11.6 Å². The Kier molecular flexibility index (Phi) is 3.48. The maximum atomic E-state index is 13.5. The van der Waals surface area contributed by atoms with E-state index in [-0.39, 0.29) is 10.9 Å². The molecule has 3 heteroatoms. The van der Waals surface area contributed by atoms with Crippen molar-refractivity contribution in [1.82, 2.24) is 0 Å². The van der Waals surface area contributed by atoms with Gasteiger partial charge in [-0.1, -0.05) is 13.0 Å². The van der Waals surface area contributed by atoms with Crippen LogP contribution in [0, 0.1) is 23.5 Å². The number of rotatable bonds is 2. The minimum absolute atomic E-state index is 0.153. The van der Waals surface area contributed by atoms with E-state index >= 15 is 0 Å². The van der Waals surface area contributed by atoms with Crippen LogP contribution in [-0.2, 0) is 6.42 Å². The van der Waals surface area contributed by atoms with Gasteiger partial charge >= 0.3 is 0 Å². The van der Waals surface area contributed by atoms with Crippen LogP contribution in [0.3, 0.4) is 0 Å². The molecule has 0 aliphatic heterocycles. The molecule has 0 saturated heterocycles. The lowest BCUT2D eigenvalue weighted by Crippen LogP contribution is -2.14. The molecule has 0 aromatic heterocycles. The van der Waals surface area contributed by atoms with Gasteiger partial charge in [0.1, 0.15) is 11.6 Å². The molecular formula is C13H15ClF2. The van der Waals surface area contributed by atoms with Gasteiger partial charge in [-0.05, 0) is 43.2 Å². The molecule has 88 valence electrons. The molecule has 0 nitrogen and oxygen atoms in total. The molecule has 0 N–H and O–H groups in total. The monoisotopic (exact) mass is 244 g/mol. The Morgan fingerprint density at radius 2 is 1.88 bits per heavy atom. The van der Waals surface area contributed by atoms with Gasteiger partial charge in [0.25, 0.3) is 0 Å². The summed E-state index contributed by atoms with van der Waals surface area (Å²) in [6.45, 7) is 2.06. The lowest BCUT2D eigenvalue weighted by molar-refractivity contribution is 0.403. The van der Waals surface area contributed by atoms with Crippen molar-refractivity contribution in [1.29, 1.82) is 0 Å². The third-order valence-corrected chi connectivity index (χ3v) is 4.27. The normalized spacial score (nSPS) is 29.6. The van der Waals surface area contributed by atoms with Gasteiger partial charge in [-0.2, -0.15) is 0 Å². The second-order valence-electron chi connectivity index (χ2n) is 4.62. The van der Waals surface area contributed by atoms with E-state index in [0.29, 0.717) is 18.3 Å². The highest BCUT2D eigenvalue weighted by atomic mass is 35.5. The van der Waals surface area contributed by atoms with Crippen LogP contribution in [0.4, 0.5) is 8.78 Å². The Labute approximate surface area is 99.6 Å². The van der Waals surface area contributed by atoms with Crippen LogP contribution >= 0.6 is 11.6 Å². The van der Waals surface area contributed by atoms with Gasteiger partial charge < -0.3 is 0 Å². The largest absolute Gasteiger partial charge is 0.207 e. The van der Waals surface area contributed by atoms with Crippen LogP contribution in [0.15, 0.2) is 18.2 Å². The van der Waals surface area contributed by atoms with Gasteiger partial charge in [-0.15, -0.1) is 11.6 Å². The quantitative estimate of drug-likeness (QED) is 0.686. The molecule has 0 radical (unpaired) electrons. The van der Waals surface area contributed by atoms with Crippen molar-refractivity contribution in [2.45, 2.75) is 31.6 Å². The van der Waals surface area contributed by atoms with Crippen LogP contribution in [-0.4, -0.2) is 5.38 Å². The summed E-state index contributed by atoms with van der Waals surface area (Å²) in [7, 11) is 0. The molecule has 2 rings (SSSR count). The average molecular weight is 245 g/mol. The summed E-state index contributed by atoms with van der Waals surface area (Å²) in [5.41, 5.74) is 0.213. The van der Waals surface area contributed by atoms with E-state index < -0.39 is 11.6 Å². The fourth-order valence-electron chi connectivity index (χ4n) is 2.47. The van der Waals surface area contributed by atoms with Crippen molar-refractivity contribution in [3.05, 3.63) is 35.4 Å². The molecule has 0 bridgehead atoms. The van der Waals surface area contributed by atoms with Crippen molar-refractivity contribution in [3.63, 3.8) is 0 Å². The zero-order valence-electron chi connectivity index (χ0n) is 9.22. The molecular weight excluding hydrogens is 230 g/mol. The fraction of sp³-hybridized carbons (Fsp3) is 0.538. The van der Waals surface area contributed by atoms with Gasteiger partial charge in [0.15, 0.2) is 0 Å². The molecule has 1 saturated carbocycles. The Morgan fingerprint density at radius 3 is 2.38 bits per heavy atom. The Hall–Kier alpha value is -0.630. The lowest BCUT2D eigenvalue weighted by atomic mass is 9.90. The summed E-state index contributed by atoms with van der Waals surface area (Å²) in [4.78, 5) is 0. The molecule has 0 heterocycles. The number of hydrogen-bond donors (Lipinski definition) is 0. The fourth-order valence-corrected chi connectivity index (χ4v) is 2.80. The molecule has 1 aliphatic rings. The van der Waals surface area contributed by atoms with Crippen LogP contribution in [0.5, 0.6) is 0 Å². The van der Waals surface area contributed by atoms with E-state index in [1.165, 1.54) is 18.2 Å². The molecule has 1 fully saturated rings. The van der Waals surface area contributed by atoms with Crippen molar-refractivity contribution in [2.24, 2.45) is 11.8 Å². The third-order valence-electron chi connectivity index (χ3n) is 3.66. The van der Waals surface area contributed by atoms with Crippen LogP contribution in [0.25, 0.3) is 0 Å². The first-order chi connectivity index (χ1) is 7.59. The van der Waals surface area contributed by atoms with Gasteiger partial charge in [-0.25, -0.2) is 8.78 Å². The van der Waals surface area contributed by atoms with E-state index in [0.717, 1.165) is 12.8 Å². The minimum Gasteiger partial charge on any atom is -0.207 e. The average Bonchev–Trinajstić information content (AvgIpc) is 2.55. The zero-order valence-corrected chi connectivity index (χ0v) is 9.98. The summed E-state index contributed by atoms with van der Waals surface area (Å²) >= 11 is 6.12. The molecule has 16 heavy (non-hydrogen) atoms. The summed E-state index contributed by atoms with van der Waals surface area (Å²) in [5.74, 6) is -0.245. The summed E-state index contributed by atoms with van der Waals surface area (Å²) < 4.78 is 26.9. The minimum atomic E-state index is -0.440. The Bertz CT molecular complexity index is 358. The number of alkyl halides is 1. The van der Waals surface area contributed by atoms with Crippen molar-refractivity contribution in [3.8, 4) is 0 Å². The highest BCUT2D eigenvalue weighted by Crippen LogP contribution is 2.37. The number of halogens is 3. The van der Waals surface area contributed by atoms with Gasteiger partial charge in [0, 0.05) is 10.9 Å². The van der Waals surface area contributed by atoms with E-state index in [4.69, 9.17) is 11.6 Å². The van der Waals surface area contributed by atoms with Gasteiger partial charge in [0.05, 0.1) is 0 Å². The first-order valence-electron chi connectivity index (χ1n) is 5.66. The first kappa shape index (κ1) is 11.8. The smallest absolute Gasteiger partial charge is 0.129 e. The Balaban J connectivity index is 2.15. The predicted octanol–water partition coefficient (Wildman–Crippen LogP) is 4.16. The van der Waals surface area contributed by atoms with E-state index in [1.807, 2.05) is 0 Å². The van der Waals surface area contributed by atoms with Gasteiger partial charge in [0.2, 0.25) is 0 Å². The van der Waals surface area contributed by atoms with Crippen LogP contribution in [0.1, 0.15) is 25.3 Å². The van der Waals surface area contributed by atoms with E-state index in [9.17, 15) is 8.78 Å². The third kappa shape index (κ3) is 2.22. The van der Waals surface area contributed by atoms with E-state index in [1.54, 1.807) is 0 Å². The standard InChI is InChI=1S/C13H15ClF2/c1-8-9(5-6-11(8)14)7-10-12(15)3-2-4-13(10)16/h2-4,8-9,11H,5-7H2,1H3. The van der Waals surface area contributed by atoms with Crippen LogP contribution in [0.2, 0.25) is 0 Å². The molecule has 1 aliphatic carbocycles. The predicted molar refractivity (Wildman–Crippen MR) is 61.6 cm³/mol. The molecule has 1 aromatic carbocycles. The number of benzene rings is 1. The summed E-state index contributed by atoms with van der Waals surface area (Å²) in [6.07, 6.45) is 2.37. The first-order valence-corrected chi connectivity index (χ1v) is 6.10.